The summed E-state index contributed by atoms with van der Waals surface area (Å²) in [7, 11) is 0. The monoisotopic (exact) mass is 282 g/mol. The molecule has 0 radical (unpaired) electrons. The predicted octanol–water partition coefficient (Wildman–Crippen LogP) is 1.45. The minimum atomic E-state index is -0.920. The lowest BCUT2D eigenvalue weighted by Gasteiger charge is -2.19. The molecule has 2 heterocycles. The Balaban J connectivity index is 2.21. The second-order valence-electron chi connectivity index (χ2n) is 4.37. The van der Waals surface area contributed by atoms with Gasteiger partial charge in [-0.25, -0.2) is 0 Å². The van der Waals surface area contributed by atoms with Crippen LogP contribution < -0.4 is 5.73 Å². The highest BCUT2D eigenvalue weighted by atomic mass is 16.6. The molecule has 2 rings (SSSR count). The van der Waals surface area contributed by atoms with Crippen molar-refractivity contribution in [2.75, 3.05) is 13.2 Å². The van der Waals surface area contributed by atoms with Gasteiger partial charge in [0.05, 0.1) is 12.7 Å². The van der Waals surface area contributed by atoms with Crippen LogP contribution in [0.25, 0.3) is 11.7 Å². The molecule has 1 unspecified atom stereocenters. The van der Waals surface area contributed by atoms with Crippen LogP contribution in [0.3, 0.4) is 0 Å². The summed E-state index contributed by atoms with van der Waals surface area (Å²) in [6.07, 6.45) is 0. The first-order chi connectivity index (χ1) is 9.44. The molecule has 0 aromatic carbocycles. The number of aromatic nitrogens is 2. The van der Waals surface area contributed by atoms with Crippen molar-refractivity contribution >= 4 is 5.88 Å². The summed E-state index contributed by atoms with van der Waals surface area (Å²) in [6.45, 7) is 4.28. The molecule has 0 fully saturated rings. The molecule has 0 aliphatic rings. The molecule has 2 aromatic heterocycles. The number of nitrogens with two attached hydrogens (primary N) is 1. The second-order valence-corrected chi connectivity index (χ2v) is 4.37. The van der Waals surface area contributed by atoms with Gasteiger partial charge in [-0.15, -0.1) is 0 Å². The Labute approximate surface area is 113 Å². The van der Waals surface area contributed by atoms with Gasteiger partial charge in [0.1, 0.15) is 10.5 Å². The second kappa shape index (κ2) is 5.39. The van der Waals surface area contributed by atoms with Crippen molar-refractivity contribution < 1.29 is 18.6 Å². The van der Waals surface area contributed by atoms with E-state index in [1.165, 1.54) is 12.1 Å². The standard InChI is InChI=1S/C11H14N4O5/c1-3-18-6-11(2,12)10-13-9(20-14-10)7-4-5-8(19-7)15(16)17/h4-5H,3,6,12H2,1-2H3. The molecule has 0 spiro atoms. The maximum Gasteiger partial charge on any atom is 0.433 e. The van der Waals surface area contributed by atoms with Crippen molar-refractivity contribution in [1.29, 1.82) is 0 Å². The molecule has 0 aliphatic heterocycles. The maximum absolute atomic E-state index is 10.5. The van der Waals surface area contributed by atoms with Crippen LogP contribution in [-0.2, 0) is 10.3 Å². The predicted molar refractivity (Wildman–Crippen MR) is 66.7 cm³/mol. The van der Waals surface area contributed by atoms with E-state index in [4.69, 9.17) is 19.4 Å². The van der Waals surface area contributed by atoms with E-state index in [1.807, 2.05) is 6.92 Å². The van der Waals surface area contributed by atoms with Crippen molar-refractivity contribution in [2.45, 2.75) is 19.4 Å². The summed E-state index contributed by atoms with van der Waals surface area (Å²) in [5.74, 6) is -0.0199. The molecule has 0 amide bonds. The fraction of sp³-hybridized carbons (Fsp3) is 0.455. The minimum Gasteiger partial charge on any atom is -0.395 e. The third-order valence-electron chi connectivity index (χ3n) is 2.53. The quantitative estimate of drug-likeness (QED) is 0.622. The zero-order valence-corrected chi connectivity index (χ0v) is 11.0. The zero-order chi connectivity index (χ0) is 14.8. The number of nitro groups is 1. The Kier molecular flexibility index (Phi) is 3.81. The molecule has 0 bridgehead atoms. The van der Waals surface area contributed by atoms with Crippen LogP contribution in [0.4, 0.5) is 5.88 Å². The van der Waals surface area contributed by atoms with Crippen LogP contribution in [-0.4, -0.2) is 28.3 Å². The molecule has 2 aromatic rings. The number of nitrogens with zero attached hydrogens (tertiary/aromatic N) is 3. The van der Waals surface area contributed by atoms with Crippen molar-refractivity contribution in [1.82, 2.24) is 10.1 Å². The molecule has 0 aliphatic carbocycles. The summed E-state index contributed by atoms with van der Waals surface area (Å²) in [5.41, 5.74) is 5.10. The van der Waals surface area contributed by atoms with Gasteiger partial charge in [-0.1, -0.05) is 5.16 Å². The first-order valence-corrected chi connectivity index (χ1v) is 5.89. The summed E-state index contributed by atoms with van der Waals surface area (Å²) in [6, 6.07) is 2.59. The summed E-state index contributed by atoms with van der Waals surface area (Å²) < 4.78 is 15.2. The Morgan fingerprint density at radius 2 is 2.30 bits per heavy atom. The Morgan fingerprint density at radius 1 is 1.55 bits per heavy atom. The van der Waals surface area contributed by atoms with Gasteiger partial charge in [-0.2, -0.15) is 4.98 Å². The smallest absolute Gasteiger partial charge is 0.395 e. The van der Waals surface area contributed by atoms with Crippen molar-refractivity contribution in [3.63, 3.8) is 0 Å². The molecular formula is C11H14N4O5. The minimum absolute atomic E-state index is 0.0290. The molecule has 0 saturated carbocycles. The van der Waals surface area contributed by atoms with Crippen molar-refractivity contribution in [3.05, 3.63) is 28.1 Å². The van der Waals surface area contributed by atoms with Crippen LogP contribution in [0.1, 0.15) is 19.7 Å². The van der Waals surface area contributed by atoms with Crippen LogP contribution in [0, 0.1) is 10.1 Å². The highest BCUT2D eigenvalue weighted by Gasteiger charge is 2.29. The third-order valence-corrected chi connectivity index (χ3v) is 2.53. The van der Waals surface area contributed by atoms with Crippen molar-refractivity contribution in [3.8, 4) is 11.7 Å². The Bertz CT molecular complexity index is 603. The molecule has 20 heavy (non-hydrogen) atoms. The number of ether oxygens (including phenoxy) is 1. The van der Waals surface area contributed by atoms with Crippen LogP contribution in [0.15, 0.2) is 21.1 Å². The third kappa shape index (κ3) is 2.83. The SMILES string of the molecule is CCOCC(C)(N)c1noc(-c2ccc([N+](=O)[O-])o2)n1. The van der Waals surface area contributed by atoms with Crippen molar-refractivity contribution in [2.24, 2.45) is 5.73 Å². The number of hydrogen-bond acceptors (Lipinski definition) is 8. The van der Waals surface area contributed by atoms with E-state index in [0.29, 0.717) is 6.61 Å². The average Bonchev–Trinajstić information content (AvgIpc) is 3.04. The van der Waals surface area contributed by atoms with Gasteiger partial charge < -0.3 is 19.4 Å². The van der Waals surface area contributed by atoms with Gasteiger partial charge in [-0.3, -0.25) is 10.1 Å². The zero-order valence-electron chi connectivity index (χ0n) is 11.0. The first kappa shape index (κ1) is 14.2. The number of furan rings is 1. The van der Waals surface area contributed by atoms with E-state index in [2.05, 4.69) is 10.1 Å². The summed E-state index contributed by atoms with van der Waals surface area (Å²) in [4.78, 5) is 14.0. The number of hydrogen-bond donors (Lipinski definition) is 1. The maximum atomic E-state index is 10.5. The average molecular weight is 282 g/mol. The van der Waals surface area contributed by atoms with Gasteiger partial charge >= 0.3 is 5.88 Å². The molecule has 108 valence electrons. The summed E-state index contributed by atoms with van der Waals surface area (Å²) >= 11 is 0. The van der Waals surface area contributed by atoms with E-state index in [9.17, 15) is 10.1 Å². The normalized spacial score (nSPS) is 14.2. The Morgan fingerprint density at radius 3 is 2.90 bits per heavy atom. The first-order valence-electron chi connectivity index (χ1n) is 5.89. The lowest BCUT2D eigenvalue weighted by molar-refractivity contribution is -0.401. The highest BCUT2D eigenvalue weighted by Crippen LogP contribution is 2.26. The molecular weight excluding hydrogens is 268 g/mol. The number of rotatable bonds is 6. The van der Waals surface area contributed by atoms with Gasteiger partial charge in [0, 0.05) is 6.61 Å². The van der Waals surface area contributed by atoms with Crippen LogP contribution in [0.5, 0.6) is 0 Å². The summed E-state index contributed by atoms with van der Waals surface area (Å²) in [5, 5.41) is 14.3. The lowest BCUT2D eigenvalue weighted by atomic mass is 10.1. The molecule has 9 nitrogen and oxygen atoms in total. The van der Waals surface area contributed by atoms with E-state index in [1.54, 1.807) is 6.92 Å². The van der Waals surface area contributed by atoms with Gasteiger partial charge in [0.2, 0.25) is 0 Å². The highest BCUT2D eigenvalue weighted by molar-refractivity contribution is 5.46. The van der Waals surface area contributed by atoms with Gasteiger partial charge in [0.15, 0.2) is 11.6 Å². The lowest BCUT2D eigenvalue weighted by Crippen LogP contribution is -2.39. The van der Waals surface area contributed by atoms with E-state index in [-0.39, 0.29) is 24.1 Å². The van der Waals surface area contributed by atoms with Gasteiger partial charge in [-0.05, 0) is 19.9 Å². The van der Waals surface area contributed by atoms with E-state index < -0.39 is 16.3 Å². The largest absolute Gasteiger partial charge is 0.433 e. The van der Waals surface area contributed by atoms with E-state index in [0.717, 1.165) is 0 Å². The fourth-order valence-electron chi connectivity index (χ4n) is 1.47. The topological polar surface area (TPSA) is 130 Å². The molecule has 0 saturated heterocycles. The van der Waals surface area contributed by atoms with Gasteiger partial charge in [0.25, 0.3) is 5.89 Å². The van der Waals surface area contributed by atoms with Crippen LogP contribution in [0.2, 0.25) is 0 Å². The van der Waals surface area contributed by atoms with Crippen LogP contribution >= 0.6 is 0 Å². The molecule has 9 heteroatoms. The molecule has 1 atom stereocenters. The fourth-order valence-corrected chi connectivity index (χ4v) is 1.47. The molecule has 2 N–H and O–H groups in total. The van der Waals surface area contributed by atoms with E-state index >= 15 is 0 Å². The Hall–Kier alpha value is -2.26.